The van der Waals surface area contributed by atoms with Gasteiger partial charge in [-0.05, 0) is 29.8 Å². The summed E-state index contributed by atoms with van der Waals surface area (Å²) in [5, 5.41) is 0. The van der Waals surface area contributed by atoms with Crippen molar-refractivity contribution in [3.8, 4) is 5.75 Å². The smallest absolute Gasteiger partial charge is 0.248 e. The van der Waals surface area contributed by atoms with E-state index < -0.39 is 5.91 Å². The fourth-order valence-electron chi connectivity index (χ4n) is 1.49. The first kappa shape index (κ1) is 12.1. The minimum Gasteiger partial charge on any atom is -0.489 e. The number of carbonyl (C=O) groups excluding carboxylic acids is 1. The molecule has 0 radical (unpaired) electrons. The molecule has 2 N–H and O–H groups in total. The number of hydrogen-bond acceptors (Lipinski definition) is 2. The van der Waals surface area contributed by atoms with Crippen LogP contribution < -0.4 is 10.5 Å². The number of carbonyl (C=O) groups is 1. The Morgan fingerprint density at radius 1 is 1.17 bits per heavy atom. The molecular weight excluding hydrogens is 233 g/mol. The molecule has 0 unspecified atom stereocenters. The van der Waals surface area contributed by atoms with Crippen LogP contribution >= 0.6 is 0 Å². The van der Waals surface area contributed by atoms with Gasteiger partial charge in [-0.2, -0.15) is 0 Å². The fourth-order valence-corrected chi connectivity index (χ4v) is 1.49. The first-order valence-corrected chi connectivity index (χ1v) is 5.42. The molecule has 92 valence electrons. The molecule has 0 fully saturated rings. The summed E-state index contributed by atoms with van der Waals surface area (Å²) in [6.45, 7) is 0.308. The third kappa shape index (κ3) is 3.07. The van der Waals surface area contributed by atoms with E-state index in [2.05, 4.69) is 0 Å². The van der Waals surface area contributed by atoms with Gasteiger partial charge in [-0.3, -0.25) is 4.79 Å². The normalized spacial score (nSPS) is 10.1. The van der Waals surface area contributed by atoms with Gasteiger partial charge in [0.05, 0.1) is 0 Å². The fraction of sp³-hybridized carbons (Fsp3) is 0.0714. The van der Waals surface area contributed by atoms with Crippen LogP contribution in [-0.4, -0.2) is 5.91 Å². The molecule has 0 aliphatic heterocycles. The van der Waals surface area contributed by atoms with Crippen molar-refractivity contribution in [2.45, 2.75) is 6.61 Å². The molecule has 18 heavy (non-hydrogen) atoms. The standard InChI is InChI=1S/C14H12FNO2/c15-12-2-1-3-13(8-12)18-9-10-4-6-11(7-5-10)14(16)17/h1-8H,9H2,(H2,16,17). The highest BCUT2D eigenvalue weighted by Gasteiger charge is 2.01. The molecule has 1 amide bonds. The van der Waals surface area contributed by atoms with Crippen LogP contribution in [0.25, 0.3) is 0 Å². The van der Waals surface area contributed by atoms with Gasteiger partial charge >= 0.3 is 0 Å². The molecule has 0 saturated carbocycles. The second-order valence-electron chi connectivity index (χ2n) is 3.81. The third-order valence-corrected chi connectivity index (χ3v) is 2.44. The van der Waals surface area contributed by atoms with E-state index in [-0.39, 0.29) is 5.82 Å². The van der Waals surface area contributed by atoms with Gasteiger partial charge in [-0.25, -0.2) is 4.39 Å². The Balaban J connectivity index is 2.00. The van der Waals surface area contributed by atoms with E-state index in [9.17, 15) is 9.18 Å². The van der Waals surface area contributed by atoms with Crippen LogP contribution in [0.5, 0.6) is 5.75 Å². The first-order valence-electron chi connectivity index (χ1n) is 5.42. The third-order valence-electron chi connectivity index (χ3n) is 2.44. The van der Waals surface area contributed by atoms with Crippen LogP contribution in [0.1, 0.15) is 15.9 Å². The number of ether oxygens (including phenoxy) is 1. The molecule has 0 aliphatic rings. The number of nitrogens with two attached hydrogens (primary N) is 1. The minimum absolute atomic E-state index is 0.308. The van der Waals surface area contributed by atoms with Crippen LogP contribution in [0.15, 0.2) is 48.5 Å². The molecular formula is C14H12FNO2. The molecule has 0 spiro atoms. The summed E-state index contributed by atoms with van der Waals surface area (Å²) in [7, 11) is 0. The summed E-state index contributed by atoms with van der Waals surface area (Å²) >= 11 is 0. The lowest BCUT2D eigenvalue weighted by Gasteiger charge is -2.06. The summed E-state index contributed by atoms with van der Waals surface area (Å²) < 4.78 is 18.3. The number of rotatable bonds is 4. The van der Waals surface area contributed by atoms with Crippen molar-refractivity contribution in [3.63, 3.8) is 0 Å². The molecule has 4 heteroatoms. The van der Waals surface area contributed by atoms with Gasteiger partial charge in [-0.15, -0.1) is 0 Å². The van der Waals surface area contributed by atoms with E-state index in [1.165, 1.54) is 12.1 Å². The van der Waals surface area contributed by atoms with Crippen molar-refractivity contribution in [1.29, 1.82) is 0 Å². The summed E-state index contributed by atoms with van der Waals surface area (Å²) in [4.78, 5) is 10.9. The summed E-state index contributed by atoms with van der Waals surface area (Å²) in [6, 6.07) is 12.7. The molecule has 2 aromatic carbocycles. The van der Waals surface area contributed by atoms with Gasteiger partial charge in [0.25, 0.3) is 0 Å². The molecule has 3 nitrogen and oxygen atoms in total. The molecule has 0 heterocycles. The van der Waals surface area contributed by atoms with Crippen molar-refractivity contribution in [3.05, 3.63) is 65.5 Å². The average Bonchev–Trinajstić information content (AvgIpc) is 2.37. The molecule has 2 rings (SSSR count). The quantitative estimate of drug-likeness (QED) is 0.899. The number of benzene rings is 2. The van der Waals surface area contributed by atoms with Gasteiger partial charge in [0.2, 0.25) is 5.91 Å². The zero-order valence-electron chi connectivity index (χ0n) is 9.60. The first-order chi connectivity index (χ1) is 8.65. The highest BCUT2D eigenvalue weighted by Crippen LogP contribution is 2.14. The van der Waals surface area contributed by atoms with E-state index in [4.69, 9.17) is 10.5 Å². The Morgan fingerprint density at radius 3 is 2.50 bits per heavy atom. The predicted octanol–water partition coefficient (Wildman–Crippen LogP) is 2.50. The Morgan fingerprint density at radius 2 is 1.89 bits per heavy atom. The van der Waals surface area contributed by atoms with Crippen LogP contribution in [0.2, 0.25) is 0 Å². The molecule has 0 saturated heterocycles. The maximum Gasteiger partial charge on any atom is 0.248 e. The predicted molar refractivity (Wildman–Crippen MR) is 65.7 cm³/mol. The molecule has 0 aliphatic carbocycles. The SMILES string of the molecule is NC(=O)c1ccc(COc2cccc(F)c2)cc1. The minimum atomic E-state index is -0.465. The second-order valence-corrected chi connectivity index (χ2v) is 3.81. The summed E-state index contributed by atoms with van der Waals surface area (Å²) in [6.07, 6.45) is 0. The van der Waals surface area contributed by atoms with Crippen LogP contribution in [0.3, 0.4) is 0 Å². The van der Waals surface area contributed by atoms with E-state index in [0.29, 0.717) is 17.9 Å². The van der Waals surface area contributed by atoms with E-state index >= 15 is 0 Å². The van der Waals surface area contributed by atoms with E-state index in [0.717, 1.165) is 5.56 Å². The average molecular weight is 245 g/mol. The maximum absolute atomic E-state index is 12.9. The molecule has 0 bridgehead atoms. The second kappa shape index (κ2) is 5.31. The van der Waals surface area contributed by atoms with Crippen LogP contribution in [0.4, 0.5) is 4.39 Å². The van der Waals surface area contributed by atoms with E-state index in [1.54, 1.807) is 36.4 Å². The molecule has 0 aromatic heterocycles. The highest BCUT2D eigenvalue weighted by atomic mass is 19.1. The maximum atomic E-state index is 12.9. The monoisotopic (exact) mass is 245 g/mol. The molecule has 0 atom stereocenters. The van der Waals surface area contributed by atoms with Gasteiger partial charge < -0.3 is 10.5 Å². The van der Waals surface area contributed by atoms with E-state index in [1.807, 2.05) is 0 Å². The highest BCUT2D eigenvalue weighted by molar-refractivity contribution is 5.92. The van der Waals surface area contributed by atoms with Crippen molar-refractivity contribution < 1.29 is 13.9 Å². The van der Waals surface area contributed by atoms with Crippen LogP contribution in [0, 0.1) is 5.82 Å². The van der Waals surface area contributed by atoms with Crippen molar-refractivity contribution in [2.24, 2.45) is 5.73 Å². The number of halogens is 1. The van der Waals surface area contributed by atoms with Crippen LogP contribution in [-0.2, 0) is 6.61 Å². The molecule has 2 aromatic rings. The zero-order chi connectivity index (χ0) is 13.0. The van der Waals surface area contributed by atoms with Gasteiger partial charge in [0.15, 0.2) is 0 Å². The number of hydrogen-bond donors (Lipinski definition) is 1. The van der Waals surface area contributed by atoms with Gasteiger partial charge in [0, 0.05) is 11.6 Å². The lowest BCUT2D eigenvalue weighted by molar-refractivity contribution is 0.1000. The van der Waals surface area contributed by atoms with Crippen molar-refractivity contribution >= 4 is 5.91 Å². The van der Waals surface area contributed by atoms with Gasteiger partial charge in [-0.1, -0.05) is 18.2 Å². The Bertz CT molecular complexity index is 552. The van der Waals surface area contributed by atoms with Gasteiger partial charge in [0.1, 0.15) is 18.2 Å². The van der Waals surface area contributed by atoms with Crippen molar-refractivity contribution in [2.75, 3.05) is 0 Å². The van der Waals surface area contributed by atoms with Crippen molar-refractivity contribution in [1.82, 2.24) is 0 Å². The lowest BCUT2D eigenvalue weighted by Crippen LogP contribution is -2.10. The number of amides is 1. The number of primary amides is 1. The Hall–Kier alpha value is -2.36. The Labute approximate surface area is 104 Å². The summed E-state index contributed by atoms with van der Waals surface area (Å²) in [5.41, 5.74) is 6.46. The zero-order valence-corrected chi connectivity index (χ0v) is 9.60. The largest absolute Gasteiger partial charge is 0.489 e. The summed E-state index contributed by atoms with van der Waals surface area (Å²) in [5.74, 6) is -0.335. The lowest BCUT2D eigenvalue weighted by atomic mass is 10.1. The Kier molecular flexibility index (Phi) is 3.57. The topological polar surface area (TPSA) is 52.3 Å².